The van der Waals surface area contributed by atoms with Crippen molar-refractivity contribution < 1.29 is 19.1 Å². The lowest BCUT2D eigenvalue weighted by Crippen LogP contribution is -2.38. The highest BCUT2D eigenvalue weighted by atomic mass is 79.9. The molecule has 31 heavy (non-hydrogen) atoms. The minimum Gasteiger partial charge on any atom is -0.496 e. The van der Waals surface area contributed by atoms with Crippen molar-refractivity contribution in [3.05, 3.63) is 69.3 Å². The van der Waals surface area contributed by atoms with Crippen LogP contribution in [0, 0.1) is 0 Å². The molecule has 0 spiro atoms. The molecule has 0 bridgehead atoms. The van der Waals surface area contributed by atoms with Crippen molar-refractivity contribution in [3.63, 3.8) is 0 Å². The van der Waals surface area contributed by atoms with Gasteiger partial charge in [-0.3, -0.25) is 9.59 Å². The van der Waals surface area contributed by atoms with E-state index >= 15 is 0 Å². The minimum absolute atomic E-state index is 0.0370. The Balaban J connectivity index is 1.65. The van der Waals surface area contributed by atoms with Gasteiger partial charge in [0.1, 0.15) is 11.5 Å². The maximum absolute atomic E-state index is 13.3. The Morgan fingerprint density at radius 3 is 2.55 bits per heavy atom. The molecule has 2 aromatic rings. The lowest BCUT2D eigenvalue weighted by Gasteiger charge is -2.35. The number of methoxy groups -OCH3 is 1. The van der Waals surface area contributed by atoms with Gasteiger partial charge in [0.15, 0.2) is 5.78 Å². The van der Waals surface area contributed by atoms with E-state index in [0.29, 0.717) is 25.2 Å². The fourth-order valence-corrected chi connectivity index (χ4v) is 4.87. The summed E-state index contributed by atoms with van der Waals surface area (Å²) in [6.45, 7) is 2.76. The number of allylic oxidation sites excluding steroid dienone is 2. The van der Waals surface area contributed by atoms with E-state index in [1.165, 1.54) is 0 Å². The summed E-state index contributed by atoms with van der Waals surface area (Å²) in [7, 11) is 1.61. The van der Waals surface area contributed by atoms with E-state index in [9.17, 15) is 9.59 Å². The van der Waals surface area contributed by atoms with Crippen LogP contribution < -0.4 is 14.8 Å². The van der Waals surface area contributed by atoms with E-state index in [2.05, 4.69) is 28.2 Å². The summed E-state index contributed by atoms with van der Waals surface area (Å²) in [5.41, 5.74) is 3.41. The van der Waals surface area contributed by atoms with Gasteiger partial charge in [-0.25, -0.2) is 0 Å². The Morgan fingerprint density at radius 2 is 1.84 bits per heavy atom. The van der Waals surface area contributed by atoms with Crippen molar-refractivity contribution in [2.45, 2.75) is 44.4 Å². The predicted octanol–water partition coefficient (Wildman–Crippen LogP) is 5.25. The molecule has 1 heterocycles. The van der Waals surface area contributed by atoms with Gasteiger partial charge in [-0.15, -0.1) is 0 Å². The van der Waals surface area contributed by atoms with E-state index in [4.69, 9.17) is 9.47 Å². The summed E-state index contributed by atoms with van der Waals surface area (Å²) in [5.74, 6) is 1.28. The van der Waals surface area contributed by atoms with E-state index in [0.717, 1.165) is 39.0 Å². The fraction of sp³-hybridized carbons (Fsp3) is 0.360. The first-order valence-electron chi connectivity index (χ1n) is 10.6. The highest BCUT2D eigenvalue weighted by molar-refractivity contribution is 9.10. The van der Waals surface area contributed by atoms with Crippen molar-refractivity contribution in [2.24, 2.45) is 0 Å². The van der Waals surface area contributed by atoms with Gasteiger partial charge in [-0.05, 0) is 54.7 Å². The molecule has 2 aliphatic rings. The lowest BCUT2D eigenvalue weighted by molar-refractivity contribution is -0.122. The molecule has 2 atom stereocenters. The van der Waals surface area contributed by atoms with Crippen LogP contribution in [0.25, 0.3) is 0 Å². The molecule has 1 N–H and O–H groups in total. The number of hydrogen-bond acceptors (Lipinski definition) is 4. The van der Waals surface area contributed by atoms with Gasteiger partial charge in [0.25, 0.3) is 0 Å². The Morgan fingerprint density at radius 1 is 1.06 bits per heavy atom. The molecule has 2 unspecified atom stereocenters. The first-order valence-corrected chi connectivity index (χ1v) is 11.4. The number of carbonyl (C=O) groups is 2. The molecule has 5 nitrogen and oxygen atoms in total. The Bertz CT molecular complexity index is 1030. The van der Waals surface area contributed by atoms with Crippen LogP contribution in [0.5, 0.6) is 11.5 Å². The summed E-state index contributed by atoms with van der Waals surface area (Å²) in [4.78, 5) is 25.9. The number of Topliss-reactive ketones (excluding diaryl/α,β-unsaturated/α-hetero) is 1. The second-order valence-electron chi connectivity index (χ2n) is 8.03. The summed E-state index contributed by atoms with van der Waals surface area (Å²) < 4.78 is 12.1. The van der Waals surface area contributed by atoms with Crippen LogP contribution in [0.15, 0.2) is 58.2 Å². The molecular formula is C25H26BrNO4. The lowest BCUT2D eigenvalue weighted by atomic mass is 9.73. The van der Waals surface area contributed by atoms with Crippen molar-refractivity contribution in [1.29, 1.82) is 0 Å². The number of nitrogens with one attached hydrogen (secondary N) is 1. The zero-order chi connectivity index (χ0) is 22.0. The molecule has 2 aromatic carbocycles. The molecule has 0 saturated carbocycles. The smallest absolute Gasteiger partial charge is 0.225 e. The first kappa shape index (κ1) is 21.6. The first-order chi connectivity index (χ1) is 15.0. The van der Waals surface area contributed by atoms with Crippen LogP contribution in [-0.2, 0) is 9.59 Å². The molecule has 6 heteroatoms. The molecule has 1 amide bonds. The highest BCUT2D eigenvalue weighted by Gasteiger charge is 2.39. The van der Waals surface area contributed by atoms with Crippen LogP contribution in [0.1, 0.15) is 55.6 Å². The van der Waals surface area contributed by atoms with Crippen LogP contribution in [0.2, 0.25) is 0 Å². The third-order valence-electron chi connectivity index (χ3n) is 5.93. The number of carbonyl (C=O) groups excluding carboxylic acids is 2. The number of amides is 1. The van der Waals surface area contributed by atoms with E-state index in [-0.39, 0.29) is 29.9 Å². The second-order valence-corrected chi connectivity index (χ2v) is 8.94. The average molecular weight is 484 g/mol. The quantitative estimate of drug-likeness (QED) is 0.609. The summed E-state index contributed by atoms with van der Waals surface area (Å²) in [6, 6.07) is 13.7. The van der Waals surface area contributed by atoms with Gasteiger partial charge in [0, 0.05) is 40.1 Å². The topological polar surface area (TPSA) is 64.6 Å². The molecule has 0 aromatic heterocycles. The fourth-order valence-electron chi connectivity index (χ4n) is 4.50. The number of hydrogen-bond donors (Lipinski definition) is 1. The summed E-state index contributed by atoms with van der Waals surface area (Å²) in [6.07, 6.45) is 2.26. The Kier molecular flexibility index (Phi) is 6.46. The van der Waals surface area contributed by atoms with Gasteiger partial charge in [-0.2, -0.15) is 0 Å². The van der Waals surface area contributed by atoms with Crippen molar-refractivity contribution in [2.75, 3.05) is 13.7 Å². The largest absolute Gasteiger partial charge is 0.496 e. The maximum Gasteiger partial charge on any atom is 0.225 e. The van der Waals surface area contributed by atoms with Crippen LogP contribution >= 0.6 is 15.9 Å². The highest BCUT2D eigenvalue weighted by Crippen LogP contribution is 2.45. The van der Waals surface area contributed by atoms with E-state index < -0.39 is 0 Å². The number of benzene rings is 2. The number of rotatable bonds is 6. The standard InChI is InChI=1S/C25H26BrNO4/c1-3-10-31-18-7-4-15(5-8-18)16-11-21-25(22(28)12-16)20(14-24(29)27-21)19-13-17(26)6-9-23(19)30-2/h4-9,13,16,20H,3,10-12,14H2,1-2H3,(H,27,29). The van der Waals surface area contributed by atoms with Gasteiger partial charge < -0.3 is 14.8 Å². The maximum atomic E-state index is 13.3. The van der Waals surface area contributed by atoms with Crippen molar-refractivity contribution in [3.8, 4) is 11.5 Å². The van der Waals surface area contributed by atoms with Crippen molar-refractivity contribution >= 4 is 27.6 Å². The summed E-state index contributed by atoms with van der Waals surface area (Å²) in [5, 5.41) is 2.98. The minimum atomic E-state index is -0.297. The van der Waals surface area contributed by atoms with Crippen LogP contribution in [0.3, 0.4) is 0 Å². The monoisotopic (exact) mass is 483 g/mol. The van der Waals surface area contributed by atoms with Gasteiger partial charge in [0.2, 0.25) is 5.91 Å². The van der Waals surface area contributed by atoms with Crippen LogP contribution in [-0.4, -0.2) is 25.4 Å². The normalized spacial score (nSPS) is 20.9. The van der Waals surface area contributed by atoms with Gasteiger partial charge in [-0.1, -0.05) is 35.0 Å². The number of ether oxygens (including phenoxy) is 2. The molecule has 0 radical (unpaired) electrons. The Labute approximate surface area is 190 Å². The SMILES string of the molecule is CCCOc1ccc(C2CC(=O)C3=C(C2)NC(=O)CC3c2cc(Br)ccc2OC)cc1. The van der Waals surface area contributed by atoms with Crippen LogP contribution in [0.4, 0.5) is 0 Å². The number of halogens is 1. The molecule has 1 aliphatic carbocycles. The molecule has 0 fully saturated rings. The Hall–Kier alpha value is -2.60. The molecule has 1 aliphatic heterocycles. The third kappa shape index (κ3) is 4.54. The average Bonchev–Trinajstić information content (AvgIpc) is 2.77. The van der Waals surface area contributed by atoms with E-state index in [1.54, 1.807) is 7.11 Å². The molecule has 0 saturated heterocycles. The summed E-state index contributed by atoms with van der Waals surface area (Å²) >= 11 is 3.50. The number of ketones is 1. The zero-order valence-electron chi connectivity index (χ0n) is 17.7. The van der Waals surface area contributed by atoms with E-state index in [1.807, 2.05) is 42.5 Å². The second kappa shape index (κ2) is 9.27. The molecule has 4 rings (SSSR count). The van der Waals surface area contributed by atoms with Gasteiger partial charge in [0.05, 0.1) is 13.7 Å². The predicted molar refractivity (Wildman–Crippen MR) is 122 cm³/mol. The van der Waals surface area contributed by atoms with Gasteiger partial charge >= 0.3 is 0 Å². The molecule has 162 valence electrons. The zero-order valence-corrected chi connectivity index (χ0v) is 19.3. The molecular weight excluding hydrogens is 458 g/mol. The van der Waals surface area contributed by atoms with Crippen molar-refractivity contribution in [1.82, 2.24) is 5.32 Å². The third-order valence-corrected chi connectivity index (χ3v) is 6.42.